The van der Waals surface area contributed by atoms with Crippen LogP contribution in [-0.2, 0) is 65.4 Å². The Labute approximate surface area is 600 Å². The molecule has 6 atom stereocenters. The van der Waals surface area contributed by atoms with Crippen molar-refractivity contribution in [2.75, 3.05) is 39.6 Å². The normalized spacial score (nSPS) is 14.2. The zero-order valence-electron chi connectivity index (χ0n) is 64.1. The molecule has 0 aromatic rings. The smallest absolute Gasteiger partial charge is 0.462 e. The molecule has 0 aliphatic heterocycles. The van der Waals surface area contributed by atoms with Crippen molar-refractivity contribution in [3.63, 3.8) is 0 Å². The van der Waals surface area contributed by atoms with E-state index in [9.17, 15) is 43.2 Å². The molecule has 0 rings (SSSR count). The lowest BCUT2D eigenvalue weighted by Gasteiger charge is -2.21. The van der Waals surface area contributed by atoms with Gasteiger partial charge in [0, 0.05) is 25.7 Å². The Morgan fingerprint density at radius 2 is 0.520 bits per heavy atom. The Morgan fingerprint density at radius 1 is 0.296 bits per heavy atom. The van der Waals surface area contributed by atoms with Gasteiger partial charge in [0.15, 0.2) is 12.2 Å². The van der Waals surface area contributed by atoms with Gasteiger partial charge in [-0.15, -0.1) is 0 Å². The van der Waals surface area contributed by atoms with Crippen molar-refractivity contribution in [1.29, 1.82) is 0 Å². The van der Waals surface area contributed by atoms with Gasteiger partial charge in [0.2, 0.25) is 0 Å². The van der Waals surface area contributed by atoms with Gasteiger partial charge >= 0.3 is 39.5 Å². The maximum absolute atomic E-state index is 13.1. The first kappa shape index (κ1) is 96.1. The van der Waals surface area contributed by atoms with Crippen LogP contribution in [0.2, 0.25) is 0 Å². The van der Waals surface area contributed by atoms with Crippen molar-refractivity contribution in [2.45, 2.75) is 432 Å². The standard InChI is InChI=1S/C79H154O17P2/c1-7-10-12-14-16-18-20-22-24-29-32-36-43-49-55-61-76(81)89-67-74(95-79(84)64-58-52-46-38-34-30-26-25-27-31-35-42-48-54-60-72(6)9-3)69-93-97(85,86)91-65-73(80)66-92-98(87,88)94-70-75(68-90-77(82)62-56-50-44-40-39-41-47-53-59-71(4)5)96-78(83)63-57-51-45-37-33-28-23-21-19-17-15-13-11-8-2/h71-75,80H,7-70H2,1-6H3,(H,85,86)(H,87,88)/t72?,73-,74-,75-/m1/s1. The number of aliphatic hydroxyl groups is 1. The Hall–Kier alpha value is -1.94. The number of phosphoric acid groups is 2. The number of aliphatic hydroxyl groups excluding tert-OH is 1. The van der Waals surface area contributed by atoms with Crippen LogP contribution in [0.4, 0.5) is 0 Å². The minimum Gasteiger partial charge on any atom is -0.462 e. The van der Waals surface area contributed by atoms with Crippen molar-refractivity contribution in [1.82, 2.24) is 0 Å². The van der Waals surface area contributed by atoms with E-state index in [1.807, 2.05) is 0 Å². The summed E-state index contributed by atoms with van der Waals surface area (Å²) in [7, 11) is -9.92. The summed E-state index contributed by atoms with van der Waals surface area (Å²) in [6, 6.07) is 0. The second-order valence-electron chi connectivity index (χ2n) is 29.2. The minimum absolute atomic E-state index is 0.107. The fraction of sp³-hybridized carbons (Fsp3) is 0.949. The van der Waals surface area contributed by atoms with Gasteiger partial charge in [-0.25, -0.2) is 9.13 Å². The molecular weight excluding hydrogens is 1280 g/mol. The number of hydrogen-bond donors (Lipinski definition) is 3. The van der Waals surface area contributed by atoms with E-state index < -0.39 is 97.5 Å². The molecule has 0 spiro atoms. The highest BCUT2D eigenvalue weighted by Gasteiger charge is 2.30. The van der Waals surface area contributed by atoms with E-state index in [4.69, 9.17) is 37.0 Å². The Kier molecular flexibility index (Phi) is 69.3. The van der Waals surface area contributed by atoms with Crippen LogP contribution in [0.3, 0.4) is 0 Å². The number of carbonyl (C=O) groups excluding carboxylic acids is 4. The van der Waals surface area contributed by atoms with Crippen LogP contribution < -0.4 is 0 Å². The second kappa shape index (κ2) is 70.7. The zero-order valence-corrected chi connectivity index (χ0v) is 65.9. The van der Waals surface area contributed by atoms with Crippen LogP contribution in [0, 0.1) is 11.8 Å². The molecular formula is C79H154O17P2. The molecule has 19 heteroatoms. The number of unbranched alkanes of at least 4 members (excludes halogenated alkanes) is 47. The van der Waals surface area contributed by atoms with Gasteiger partial charge in [-0.1, -0.05) is 363 Å². The van der Waals surface area contributed by atoms with Gasteiger partial charge in [-0.05, 0) is 37.5 Å². The summed E-state index contributed by atoms with van der Waals surface area (Å²) in [6.45, 7) is 9.65. The van der Waals surface area contributed by atoms with Gasteiger partial charge in [-0.2, -0.15) is 0 Å². The summed E-state index contributed by atoms with van der Waals surface area (Å²) < 4.78 is 68.7. The van der Waals surface area contributed by atoms with Crippen molar-refractivity contribution < 1.29 is 80.2 Å². The SMILES string of the molecule is CCCCCCCCCCCCCCCCCC(=O)OC[C@H](COP(=O)(O)OC[C@@H](O)COP(=O)(O)OC[C@@H](COC(=O)CCCCCCCCCCC(C)C)OC(=O)CCCCCCCCCCCCCCCC)OC(=O)CCCCCCCCCCCCCCCCC(C)CC. The minimum atomic E-state index is -4.96. The largest absolute Gasteiger partial charge is 0.472 e. The van der Waals surface area contributed by atoms with Crippen molar-refractivity contribution in [2.24, 2.45) is 11.8 Å². The molecule has 0 saturated carbocycles. The van der Waals surface area contributed by atoms with E-state index in [0.717, 1.165) is 102 Å². The maximum atomic E-state index is 13.1. The summed E-state index contributed by atoms with van der Waals surface area (Å²) in [4.78, 5) is 73.0. The third kappa shape index (κ3) is 71.1. The lowest BCUT2D eigenvalue weighted by Crippen LogP contribution is -2.30. The topological polar surface area (TPSA) is 237 Å². The number of rotatable bonds is 78. The van der Waals surface area contributed by atoms with Gasteiger partial charge in [0.1, 0.15) is 19.3 Å². The van der Waals surface area contributed by atoms with Crippen molar-refractivity contribution >= 4 is 39.5 Å². The highest BCUT2D eigenvalue weighted by molar-refractivity contribution is 7.47. The van der Waals surface area contributed by atoms with Crippen molar-refractivity contribution in [3.8, 4) is 0 Å². The fourth-order valence-corrected chi connectivity index (χ4v) is 13.7. The molecule has 0 aliphatic carbocycles. The second-order valence-corrected chi connectivity index (χ2v) is 32.1. The Balaban J connectivity index is 5.26. The number of phosphoric ester groups is 2. The first-order valence-corrected chi connectivity index (χ1v) is 44.0. The number of hydrogen-bond acceptors (Lipinski definition) is 15. The molecule has 0 fully saturated rings. The lowest BCUT2D eigenvalue weighted by molar-refractivity contribution is -0.161. The molecule has 0 radical (unpaired) electrons. The predicted octanol–water partition coefficient (Wildman–Crippen LogP) is 23.5. The third-order valence-electron chi connectivity index (χ3n) is 18.8. The van der Waals surface area contributed by atoms with E-state index in [1.54, 1.807) is 0 Å². The highest BCUT2D eigenvalue weighted by Crippen LogP contribution is 2.45. The molecule has 0 heterocycles. The van der Waals surface area contributed by atoms with Crippen molar-refractivity contribution in [3.05, 3.63) is 0 Å². The molecule has 3 N–H and O–H groups in total. The van der Waals surface area contributed by atoms with E-state index in [-0.39, 0.29) is 25.7 Å². The average molecular weight is 1440 g/mol. The van der Waals surface area contributed by atoms with E-state index in [2.05, 4.69) is 41.5 Å². The van der Waals surface area contributed by atoms with Crippen LogP contribution in [0.5, 0.6) is 0 Å². The van der Waals surface area contributed by atoms with Gasteiger partial charge < -0.3 is 33.8 Å². The van der Waals surface area contributed by atoms with E-state index in [1.165, 1.54) is 231 Å². The summed E-state index contributed by atoms with van der Waals surface area (Å²) in [5, 5.41) is 10.6. The highest BCUT2D eigenvalue weighted by atomic mass is 31.2. The van der Waals surface area contributed by atoms with Gasteiger partial charge in [0.25, 0.3) is 0 Å². The molecule has 582 valence electrons. The number of esters is 4. The molecule has 0 bridgehead atoms. The molecule has 0 amide bonds. The first-order chi connectivity index (χ1) is 47.4. The van der Waals surface area contributed by atoms with Crippen LogP contribution >= 0.6 is 15.6 Å². The monoisotopic (exact) mass is 1440 g/mol. The first-order valence-electron chi connectivity index (χ1n) is 41.0. The maximum Gasteiger partial charge on any atom is 0.472 e. The van der Waals surface area contributed by atoms with Crippen LogP contribution in [-0.4, -0.2) is 96.7 Å². The van der Waals surface area contributed by atoms with Gasteiger partial charge in [-0.3, -0.25) is 37.3 Å². The predicted molar refractivity (Wildman–Crippen MR) is 400 cm³/mol. The average Bonchev–Trinajstić information content (AvgIpc) is 1.10. The molecule has 0 aromatic carbocycles. The Bertz CT molecular complexity index is 1890. The van der Waals surface area contributed by atoms with E-state index >= 15 is 0 Å². The molecule has 0 aromatic heterocycles. The summed E-state index contributed by atoms with van der Waals surface area (Å²) >= 11 is 0. The molecule has 0 aliphatic rings. The summed E-state index contributed by atoms with van der Waals surface area (Å²) in [5.74, 6) is -0.537. The molecule has 3 unspecified atom stereocenters. The number of ether oxygens (including phenoxy) is 4. The van der Waals surface area contributed by atoms with Crippen LogP contribution in [0.15, 0.2) is 0 Å². The third-order valence-corrected chi connectivity index (χ3v) is 20.7. The van der Waals surface area contributed by atoms with Crippen LogP contribution in [0.25, 0.3) is 0 Å². The van der Waals surface area contributed by atoms with Gasteiger partial charge in [0.05, 0.1) is 26.4 Å². The van der Waals surface area contributed by atoms with E-state index in [0.29, 0.717) is 25.7 Å². The quantitative estimate of drug-likeness (QED) is 0.0222. The number of carbonyl (C=O) groups is 4. The van der Waals surface area contributed by atoms with Crippen LogP contribution in [0.1, 0.15) is 414 Å². The fourth-order valence-electron chi connectivity index (χ4n) is 12.2. The summed E-state index contributed by atoms with van der Waals surface area (Å²) in [6.07, 6.45) is 59.5. The molecule has 17 nitrogen and oxygen atoms in total. The zero-order chi connectivity index (χ0) is 72.1. The molecule has 98 heavy (non-hydrogen) atoms. The lowest BCUT2D eigenvalue weighted by atomic mass is 9.99. The summed E-state index contributed by atoms with van der Waals surface area (Å²) in [5.41, 5.74) is 0. The Morgan fingerprint density at radius 3 is 0.776 bits per heavy atom. The molecule has 0 saturated heterocycles.